The molecular formula is C15H20N4O. The molecule has 0 radical (unpaired) electrons. The van der Waals surface area contributed by atoms with Crippen LogP contribution in [-0.4, -0.2) is 22.0 Å². The molecule has 0 aliphatic rings. The average molecular weight is 272 g/mol. The van der Waals surface area contributed by atoms with Gasteiger partial charge in [0.1, 0.15) is 5.82 Å². The Hall–Kier alpha value is -2.30. The first-order chi connectivity index (χ1) is 9.56. The van der Waals surface area contributed by atoms with E-state index in [1.807, 2.05) is 13.1 Å². The summed E-state index contributed by atoms with van der Waals surface area (Å²) in [5.74, 6) is 1.22. The molecule has 20 heavy (non-hydrogen) atoms. The van der Waals surface area contributed by atoms with Crippen LogP contribution in [0.4, 0.5) is 5.69 Å². The molecule has 2 aromatic rings. The summed E-state index contributed by atoms with van der Waals surface area (Å²) in [5, 5.41) is 2.93. The van der Waals surface area contributed by atoms with Gasteiger partial charge in [-0.25, -0.2) is 4.98 Å². The van der Waals surface area contributed by atoms with Gasteiger partial charge in [-0.2, -0.15) is 0 Å². The van der Waals surface area contributed by atoms with Gasteiger partial charge in [0.25, 0.3) is 5.91 Å². The Labute approximate surface area is 118 Å². The second kappa shape index (κ2) is 6.23. The van der Waals surface area contributed by atoms with E-state index in [4.69, 9.17) is 5.73 Å². The minimum atomic E-state index is -0.0912. The van der Waals surface area contributed by atoms with Crippen LogP contribution in [-0.2, 0) is 6.54 Å². The number of carbonyl (C=O) groups excluding carboxylic acids is 1. The number of hydrogen-bond acceptors (Lipinski definition) is 3. The first-order valence-corrected chi connectivity index (χ1v) is 6.67. The molecule has 0 aliphatic carbocycles. The number of imidazole rings is 1. The van der Waals surface area contributed by atoms with Crippen molar-refractivity contribution in [2.75, 3.05) is 12.3 Å². The smallest absolute Gasteiger partial charge is 0.251 e. The summed E-state index contributed by atoms with van der Waals surface area (Å²) in [6.45, 7) is 5.52. The zero-order valence-corrected chi connectivity index (χ0v) is 11.8. The second-order valence-corrected chi connectivity index (χ2v) is 5.07. The summed E-state index contributed by atoms with van der Waals surface area (Å²) in [6.07, 6.45) is 3.74. The maximum atomic E-state index is 12.0. The number of amides is 1. The molecule has 1 atom stereocenters. The van der Waals surface area contributed by atoms with Crippen LogP contribution in [0.15, 0.2) is 36.7 Å². The highest BCUT2D eigenvalue weighted by molar-refractivity contribution is 5.94. The van der Waals surface area contributed by atoms with Crippen molar-refractivity contribution in [2.45, 2.75) is 20.4 Å². The molecule has 5 nitrogen and oxygen atoms in total. The summed E-state index contributed by atoms with van der Waals surface area (Å²) >= 11 is 0. The summed E-state index contributed by atoms with van der Waals surface area (Å²) < 4.78 is 2.08. The molecule has 0 fully saturated rings. The minimum absolute atomic E-state index is 0.0912. The fourth-order valence-corrected chi connectivity index (χ4v) is 2.05. The van der Waals surface area contributed by atoms with Crippen LogP contribution >= 0.6 is 0 Å². The van der Waals surface area contributed by atoms with Crippen molar-refractivity contribution in [3.05, 3.63) is 48.0 Å². The highest BCUT2D eigenvalue weighted by Crippen LogP contribution is 2.07. The Balaban J connectivity index is 1.86. The van der Waals surface area contributed by atoms with Crippen molar-refractivity contribution in [1.29, 1.82) is 0 Å². The van der Waals surface area contributed by atoms with Crippen molar-refractivity contribution in [1.82, 2.24) is 14.9 Å². The molecule has 1 unspecified atom stereocenters. The Kier molecular flexibility index (Phi) is 4.40. The van der Waals surface area contributed by atoms with Crippen molar-refractivity contribution < 1.29 is 4.79 Å². The minimum Gasteiger partial charge on any atom is -0.399 e. The molecule has 0 saturated heterocycles. The number of hydrogen-bond donors (Lipinski definition) is 2. The summed E-state index contributed by atoms with van der Waals surface area (Å²) in [7, 11) is 0. The normalized spacial score (nSPS) is 12.1. The third-order valence-corrected chi connectivity index (χ3v) is 3.19. The molecule has 0 bridgehead atoms. The molecule has 1 aromatic heterocycles. The van der Waals surface area contributed by atoms with E-state index in [9.17, 15) is 4.79 Å². The first kappa shape index (κ1) is 14.1. The fraction of sp³-hybridized carbons (Fsp3) is 0.333. The van der Waals surface area contributed by atoms with E-state index in [0.29, 0.717) is 23.7 Å². The number of nitrogens with two attached hydrogens (primary N) is 1. The molecule has 2 rings (SSSR count). The summed E-state index contributed by atoms with van der Waals surface area (Å²) in [4.78, 5) is 16.2. The van der Waals surface area contributed by atoms with Gasteiger partial charge in [-0.05, 0) is 31.0 Å². The van der Waals surface area contributed by atoms with Crippen LogP contribution < -0.4 is 11.1 Å². The van der Waals surface area contributed by atoms with Gasteiger partial charge in [-0.15, -0.1) is 0 Å². The van der Waals surface area contributed by atoms with Gasteiger partial charge in [0.2, 0.25) is 0 Å². The molecule has 3 N–H and O–H groups in total. The van der Waals surface area contributed by atoms with E-state index in [2.05, 4.69) is 21.8 Å². The molecule has 1 amide bonds. The van der Waals surface area contributed by atoms with Gasteiger partial charge in [-0.1, -0.05) is 13.0 Å². The predicted octanol–water partition coefficient (Wildman–Crippen LogP) is 1.84. The molecule has 0 spiro atoms. The number of carbonyl (C=O) groups is 1. The monoisotopic (exact) mass is 272 g/mol. The maximum Gasteiger partial charge on any atom is 0.251 e. The van der Waals surface area contributed by atoms with Gasteiger partial charge < -0.3 is 15.6 Å². The zero-order chi connectivity index (χ0) is 14.5. The number of nitrogen functional groups attached to an aromatic ring is 1. The van der Waals surface area contributed by atoms with Crippen molar-refractivity contribution >= 4 is 11.6 Å². The van der Waals surface area contributed by atoms with Gasteiger partial charge in [0.05, 0.1) is 0 Å². The molecule has 1 heterocycles. The van der Waals surface area contributed by atoms with Gasteiger partial charge in [0, 0.05) is 36.7 Å². The van der Waals surface area contributed by atoms with Crippen LogP contribution in [0.25, 0.3) is 0 Å². The molecule has 106 valence electrons. The summed E-state index contributed by atoms with van der Waals surface area (Å²) in [6, 6.07) is 6.99. The van der Waals surface area contributed by atoms with E-state index >= 15 is 0 Å². The number of anilines is 1. The van der Waals surface area contributed by atoms with Gasteiger partial charge in [-0.3, -0.25) is 4.79 Å². The predicted molar refractivity (Wildman–Crippen MR) is 79.3 cm³/mol. The lowest BCUT2D eigenvalue weighted by molar-refractivity contribution is 0.0947. The standard InChI is InChI=1S/C15H20N4O/c1-11(10-19-7-6-17-12(19)2)9-18-15(20)13-4-3-5-14(16)8-13/h3-8,11H,9-10,16H2,1-2H3,(H,18,20). The lowest BCUT2D eigenvalue weighted by atomic mass is 10.1. The van der Waals surface area contributed by atoms with Gasteiger partial charge >= 0.3 is 0 Å². The first-order valence-electron chi connectivity index (χ1n) is 6.67. The number of aryl methyl sites for hydroxylation is 1. The quantitative estimate of drug-likeness (QED) is 0.816. The molecule has 1 aromatic carbocycles. The van der Waals surface area contributed by atoms with Crippen LogP contribution in [0, 0.1) is 12.8 Å². The highest BCUT2D eigenvalue weighted by Gasteiger charge is 2.09. The van der Waals surface area contributed by atoms with Crippen molar-refractivity contribution in [2.24, 2.45) is 5.92 Å². The largest absolute Gasteiger partial charge is 0.399 e. The Morgan fingerprint density at radius 3 is 2.95 bits per heavy atom. The SMILES string of the molecule is Cc1nccn1CC(C)CNC(=O)c1cccc(N)c1. The average Bonchev–Trinajstić information content (AvgIpc) is 2.81. The topological polar surface area (TPSA) is 72.9 Å². The van der Waals surface area contributed by atoms with Crippen LogP contribution in [0.5, 0.6) is 0 Å². The van der Waals surface area contributed by atoms with E-state index in [1.165, 1.54) is 0 Å². The number of nitrogens with one attached hydrogen (secondary N) is 1. The molecule has 0 saturated carbocycles. The maximum absolute atomic E-state index is 12.0. The summed E-state index contributed by atoms with van der Waals surface area (Å²) in [5.41, 5.74) is 6.86. The van der Waals surface area contributed by atoms with Crippen LogP contribution in [0.3, 0.4) is 0 Å². The van der Waals surface area contributed by atoms with E-state index in [-0.39, 0.29) is 5.91 Å². The molecule has 0 aliphatic heterocycles. The van der Waals surface area contributed by atoms with Crippen molar-refractivity contribution in [3.63, 3.8) is 0 Å². The van der Waals surface area contributed by atoms with Crippen molar-refractivity contribution in [3.8, 4) is 0 Å². The van der Waals surface area contributed by atoms with Crippen LogP contribution in [0.1, 0.15) is 23.1 Å². The van der Waals surface area contributed by atoms with E-state index < -0.39 is 0 Å². The van der Waals surface area contributed by atoms with Gasteiger partial charge in [0.15, 0.2) is 0 Å². The lowest BCUT2D eigenvalue weighted by Gasteiger charge is -2.14. The number of rotatable bonds is 5. The Bertz CT molecular complexity index is 591. The highest BCUT2D eigenvalue weighted by atomic mass is 16.1. The lowest BCUT2D eigenvalue weighted by Crippen LogP contribution is -2.30. The number of benzene rings is 1. The third-order valence-electron chi connectivity index (χ3n) is 3.19. The van der Waals surface area contributed by atoms with E-state index in [0.717, 1.165) is 12.4 Å². The number of aromatic nitrogens is 2. The fourth-order valence-electron chi connectivity index (χ4n) is 2.05. The van der Waals surface area contributed by atoms with Crippen LogP contribution in [0.2, 0.25) is 0 Å². The molecular weight excluding hydrogens is 252 g/mol. The molecule has 5 heteroatoms. The Morgan fingerprint density at radius 1 is 1.50 bits per heavy atom. The van der Waals surface area contributed by atoms with E-state index in [1.54, 1.807) is 30.5 Å². The third kappa shape index (κ3) is 3.60. The number of nitrogens with zero attached hydrogens (tertiary/aromatic N) is 2. The zero-order valence-electron chi connectivity index (χ0n) is 11.8. The second-order valence-electron chi connectivity index (χ2n) is 5.07. The Morgan fingerprint density at radius 2 is 2.30 bits per heavy atom.